The molecule has 1 rings (SSSR count). The highest BCUT2D eigenvalue weighted by Gasteiger charge is 2.20. The lowest BCUT2D eigenvalue weighted by molar-refractivity contribution is -0.133. The molecule has 0 atom stereocenters. The van der Waals surface area contributed by atoms with Gasteiger partial charge in [-0.2, -0.15) is 0 Å². The standard InChI is InChI=1S/C16H27N3O2/c1-4-21-12-7-16(20)19-10-8-18(9-11-19)15(3)6-5-14(2)13-17/h5-6H,2-4,7-13,17H2,1H3/b6-5-. The van der Waals surface area contributed by atoms with E-state index in [-0.39, 0.29) is 5.91 Å². The fraction of sp³-hybridized carbons (Fsp3) is 0.562. The van der Waals surface area contributed by atoms with Crippen molar-refractivity contribution in [2.45, 2.75) is 13.3 Å². The molecular weight excluding hydrogens is 266 g/mol. The van der Waals surface area contributed by atoms with Crippen molar-refractivity contribution in [3.63, 3.8) is 0 Å². The molecule has 1 aliphatic heterocycles. The van der Waals surface area contributed by atoms with Gasteiger partial charge in [0.25, 0.3) is 0 Å². The van der Waals surface area contributed by atoms with Gasteiger partial charge in [0, 0.05) is 45.0 Å². The van der Waals surface area contributed by atoms with Crippen LogP contribution in [0.25, 0.3) is 0 Å². The Morgan fingerprint density at radius 1 is 1.19 bits per heavy atom. The minimum absolute atomic E-state index is 0.167. The normalized spacial score (nSPS) is 15.5. The zero-order valence-corrected chi connectivity index (χ0v) is 13.0. The molecule has 2 N–H and O–H groups in total. The van der Waals surface area contributed by atoms with Crippen LogP contribution < -0.4 is 5.73 Å². The van der Waals surface area contributed by atoms with Gasteiger partial charge >= 0.3 is 0 Å². The summed E-state index contributed by atoms with van der Waals surface area (Å²) in [5.41, 5.74) is 7.30. The van der Waals surface area contributed by atoms with Crippen LogP contribution in [0, 0.1) is 0 Å². The minimum Gasteiger partial charge on any atom is -0.381 e. The van der Waals surface area contributed by atoms with E-state index in [4.69, 9.17) is 10.5 Å². The number of ether oxygens (including phenoxy) is 1. The van der Waals surface area contributed by atoms with E-state index in [1.54, 1.807) is 0 Å². The monoisotopic (exact) mass is 293 g/mol. The number of carbonyl (C=O) groups is 1. The summed E-state index contributed by atoms with van der Waals surface area (Å²) in [5, 5.41) is 0. The van der Waals surface area contributed by atoms with Gasteiger partial charge in [0.2, 0.25) is 5.91 Å². The second-order valence-corrected chi connectivity index (χ2v) is 5.00. The molecule has 118 valence electrons. The molecule has 5 nitrogen and oxygen atoms in total. The van der Waals surface area contributed by atoms with Crippen LogP contribution in [0.5, 0.6) is 0 Å². The molecule has 0 aliphatic carbocycles. The maximum absolute atomic E-state index is 12.0. The van der Waals surface area contributed by atoms with Crippen LogP contribution in [0.3, 0.4) is 0 Å². The number of allylic oxidation sites excluding steroid dienone is 1. The molecule has 1 heterocycles. The largest absolute Gasteiger partial charge is 0.381 e. The van der Waals surface area contributed by atoms with Crippen LogP contribution in [-0.2, 0) is 9.53 Å². The van der Waals surface area contributed by atoms with Crippen molar-refractivity contribution < 1.29 is 9.53 Å². The number of carbonyl (C=O) groups excluding carboxylic acids is 1. The Bertz CT molecular complexity index is 396. The number of piperazine rings is 1. The summed E-state index contributed by atoms with van der Waals surface area (Å²) >= 11 is 0. The summed E-state index contributed by atoms with van der Waals surface area (Å²) in [5.74, 6) is 0.167. The van der Waals surface area contributed by atoms with Crippen molar-refractivity contribution >= 4 is 5.91 Å². The molecule has 0 spiro atoms. The second kappa shape index (κ2) is 9.37. The summed E-state index contributed by atoms with van der Waals surface area (Å²) in [6.45, 7) is 14.5. The first-order valence-corrected chi connectivity index (χ1v) is 7.43. The third-order valence-corrected chi connectivity index (χ3v) is 3.48. The van der Waals surface area contributed by atoms with E-state index < -0.39 is 0 Å². The number of rotatable bonds is 8. The average Bonchev–Trinajstić information content (AvgIpc) is 2.52. The lowest BCUT2D eigenvalue weighted by Gasteiger charge is -2.36. The first kappa shape index (κ1) is 17.5. The highest BCUT2D eigenvalue weighted by atomic mass is 16.5. The number of amides is 1. The third kappa shape index (κ3) is 6.14. The maximum Gasteiger partial charge on any atom is 0.225 e. The van der Waals surface area contributed by atoms with Gasteiger partial charge in [-0.25, -0.2) is 0 Å². The average molecular weight is 293 g/mol. The van der Waals surface area contributed by atoms with Crippen LogP contribution in [-0.4, -0.2) is 61.6 Å². The quantitative estimate of drug-likeness (QED) is 0.538. The molecule has 1 aliphatic rings. The van der Waals surface area contributed by atoms with Crippen molar-refractivity contribution in [1.29, 1.82) is 0 Å². The Balaban J connectivity index is 2.34. The first-order valence-electron chi connectivity index (χ1n) is 7.43. The van der Waals surface area contributed by atoms with E-state index in [1.807, 2.05) is 24.0 Å². The minimum atomic E-state index is 0.167. The second-order valence-electron chi connectivity index (χ2n) is 5.00. The highest BCUT2D eigenvalue weighted by Crippen LogP contribution is 2.11. The Morgan fingerprint density at radius 3 is 2.38 bits per heavy atom. The lowest BCUT2D eigenvalue weighted by atomic mass is 10.2. The topological polar surface area (TPSA) is 58.8 Å². The molecule has 0 aromatic rings. The number of hydrogen-bond donors (Lipinski definition) is 1. The molecule has 1 fully saturated rings. The van der Waals surface area contributed by atoms with E-state index in [2.05, 4.69) is 18.1 Å². The van der Waals surface area contributed by atoms with Gasteiger partial charge in [-0.1, -0.05) is 19.2 Å². The first-order chi connectivity index (χ1) is 10.1. The van der Waals surface area contributed by atoms with E-state index in [1.165, 1.54) is 0 Å². The number of nitrogens with zero attached hydrogens (tertiary/aromatic N) is 2. The Kier molecular flexibility index (Phi) is 7.79. The molecule has 0 bridgehead atoms. The zero-order chi connectivity index (χ0) is 15.7. The SMILES string of the molecule is C=C(/C=C\C(=C)N1CCN(C(=O)CCOCC)CC1)CN. The summed E-state index contributed by atoms with van der Waals surface area (Å²) < 4.78 is 5.22. The molecule has 0 radical (unpaired) electrons. The van der Waals surface area contributed by atoms with Gasteiger partial charge in [-0.3, -0.25) is 4.79 Å². The fourth-order valence-corrected chi connectivity index (χ4v) is 2.09. The smallest absolute Gasteiger partial charge is 0.225 e. The van der Waals surface area contributed by atoms with Crippen LogP contribution >= 0.6 is 0 Å². The summed E-state index contributed by atoms with van der Waals surface area (Å²) in [4.78, 5) is 16.0. The molecular formula is C16H27N3O2. The molecule has 0 aromatic heterocycles. The van der Waals surface area contributed by atoms with Crippen LogP contribution in [0.1, 0.15) is 13.3 Å². The molecule has 0 unspecified atom stereocenters. The molecule has 1 amide bonds. The summed E-state index contributed by atoms with van der Waals surface area (Å²) in [6, 6.07) is 0. The van der Waals surface area contributed by atoms with Crippen molar-refractivity contribution in [2.75, 3.05) is 45.9 Å². The van der Waals surface area contributed by atoms with Crippen LogP contribution in [0.4, 0.5) is 0 Å². The van der Waals surface area contributed by atoms with E-state index in [0.29, 0.717) is 26.2 Å². The van der Waals surface area contributed by atoms with Crippen molar-refractivity contribution in [1.82, 2.24) is 9.80 Å². The Hall–Kier alpha value is -1.59. The number of hydrogen-bond acceptors (Lipinski definition) is 4. The van der Waals surface area contributed by atoms with Gasteiger partial charge < -0.3 is 20.3 Å². The summed E-state index contributed by atoms with van der Waals surface area (Å²) in [6.07, 6.45) is 4.29. The molecule has 0 saturated carbocycles. The van der Waals surface area contributed by atoms with Crippen molar-refractivity contribution in [2.24, 2.45) is 5.73 Å². The van der Waals surface area contributed by atoms with E-state index >= 15 is 0 Å². The predicted octanol–water partition coefficient (Wildman–Crippen LogP) is 1.14. The van der Waals surface area contributed by atoms with Gasteiger partial charge in [0.1, 0.15) is 0 Å². The summed E-state index contributed by atoms with van der Waals surface area (Å²) in [7, 11) is 0. The highest BCUT2D eigenvalue weighted by molar-refractivity contribution is 5.76. The molecule has 0 aromatic carbocycles. The van der Waals surface area contributed by atoms with Crippen molar-refractivity contribution in [3.05, 3.63) is 36.6 Å². The molecule has 1 saturated heterocycles. The van der Waals surface area contributed by atoms with Gasteiger partial charge in [-0.15, -0.1) is 0 Å². The zero-order valence-electron chi connectivity index (χ0n) is 13.0. The lowest BCUT2D eigenvalue weighted by Crippen LogP contribution is -2.48. The van der Waals surface area contributed by atoms with Gasteiger partial charge in [0.15, 0.2) is 0 Å². The van der Waals surface area contributed by atoms with Gasteiger partial charge in [0.05, 0.1) is 13.0 Å². The molecule has 5 heteroatoms. The van der Waals surface area contributed by atoms with Gasteiger partial charge in [-0.05, 0) is 18.6 Å². The fourth-order valence-electron chi connectivity index (χ4n) is 2.09. The van der Waals surface area contributed by atoms with Crippen LogP contribution in [0.15, 0.2) is 36.6 Å². The van der Waals surface area contributed by atoms with Crippen molar-refractivity contribution in [3.8, 4) is 0 Å². The predicted molar refractivity (Wildman–Crippen MR) is 85.7 cm³/mol. The maximum atomic E-state index is 12.0. The third-order valence-electron chi connectivity index (χ3n) is 3.48. The Morgan fingerprint density at radius 2 is 1.81 bits per heavy atom. The Labute approximate surface area is 127 Å². The van der Waals surface area contributed by atoms with E-state index in [0.717, 1.165) is 37.4 Å². The van der Waals surface area contributed by atoms with Crippen LogP contribution in [0.2, 0.25) is 0 Å². The molecule has 21 heavy (non-hydrogen) atoms. The van der Waals surface area contributed by atoms with E-state index in [9.17, 15) is 4.79 Å². The number of nitrogens with two attached hydrogens (primary N) is 1.